The molecule has 2 aromatic carbocycles. The lowest BCUT2D eigenvalue weighted by Crippen LogP contribution is -2.33. The molecule has 0 aliphatic heterocycles. The van der Waals surface area contributed by atoms with Crippen molar-refractivity contribution in [2.24, 2.45) is 0 Å². The van der Waals surface area contributed by atoms with Crippen LogP contribution in [0.2, 0.25) is 5.02 Å². The number of nitrogens with zero attached hydrogens (tertiary/aromatic N) is 4. The van der Waals surface area contributed by atoms with Gasteiger partial charge in [0.05, 0.1) is 29.5 Å². The van der Waals surface area contributed by atoms with Crippen molar-refractivity contribution in [3.8, 4) is 6.07 Å². The molecule has 2 heterocycles. The minimum Gasteiger partial charge on any atom is -0.307 e. The first-order chi connectivity index (χ1) is 15.1. The van der Waals surface area contributed by atoms with Crippen LogP contribution in [0.4, 0.5) is 5.69 Å². The predicted octanol–water partition coefficient (Wildman–Crippen LogP) is 4.61. The van der Waals surface area contributed by atoms with Gasteiger partial charge in [-0.2, -0.15) is 5.26 Å². The number of carbonyl (C=O) groups excluding carboxylic acids is 1. The molecule has 4 aromatic rings. The summed E-state index contributed by atoms with van der Waals surface area (Å²) in [6, 6.07) is 18.2. The van der Waals surface area contributed by atoms with Crippen molar-refractivity contribution in [3.05, 3.63) is 92.8 Å². The molecular formula is C23H17ClN4O2S. The standard InChI is InChI=1S/C23H17ClN4O2S/c24-18-7-6-17(13-25)20(12-18)28(14-16-4-2-1-3-5-16)21(29)8-10-27-15-26-22-19(23(27)30)9-11-31-22/h1-7,9,11-12,15H,8,10,14H2. The number of thiophene rings is 1. The summed E-state index contributed by atoms with van der Waals surface area (Å²) in [5, 5.41) is 12.3. The molecule has 31 heavy (non-hydrogen) atoms. The van der Waals surface area contributed by atoms with Crippen molar-refractivity contribution in [2.45, 2.75) is 19.5 Å². The summed E-state index contributed by atoms with van der Waals surface area (Å²) in [6.45, 7) is 0.468. The molecule has 2 aromatic heterocycles. The van der Waals surface area contributed by atoms with Gasteiger partial charge in [-0.3, -0.25) is 14.2 Å². The molecule has 0 aliphatic rings. The van der Waals surface area contributed by atoms with Gasteiger partial charge < -0.3 is 4.90 Å². The highest BCUT2D eigenvalue weighted by Gasteiger charge is 2.20. The van der Waals surface area contributed by atoms with Crippen molar-refractivity contribution in [3.63, 3.8) is 0 Å². The van der Waals surface area contributed by atoms with Gasteiger partial charge >= 0.3 is 0 Å². The normalized spacial score (nSPS) is 10.7. The largest absolute Gasteiger partial charge is 0.307 e. The van der Waals surface area contributed by atoms with Crippen LogP contribution in [0, 0.1) is 11.3 Å². The molecule has 0 N–H and O–H groups in total. The average Bonchev–Trinajstić information content (AvgIpc) is 3.27. The summed E-state index contributed by atoms with van der Waals surface area (Å²) in [6.07, 6.45) is 1.54. The molecule has 0 aliphatic carbocycles. The predicted molar refractivity (Wildman–Crippen MR) is 122 cm³/mol. The molecule has 1 amide bonds. The molecule has 154 valence electrons. The first-order valence-electron chi connectivity index (χ1n) is 9.53. The third kappa shape index (κ3) is 4.50. The molecule has 0 spiro atoms. The number of hydrogen-bond donors (Lipinski definition) is 0. The summed E-state index contributed by atoms with van der Waals surface area (Å²) < 4.78 is 1.44. The van der Waals surface area contributed by atoms with Gasteiger partial charge in [-0.25, -0.2) is 4.98 Å². The summed E-state index contributed by atoms with van der Waals surface area (Å²) >= 11 is 7.56. The zero-order valence-corrected chi connectivity index (χ0v) is 17.9. The van der Waals surface area contributed by atoms with Crippen molar-refractivity contribution < 1.29 is 4.79 Å². The second-order valence-corrected chi connectivity index (χ2v) is 8.20. The quantitative estimate of drug-likeness (QED) is 0.431. The zero-order valence-electron chi connectivity index (χ0n) is 16.4. The number of hydrogen-bond acceptors (Lipinski definition) is 5. The van der Waals surface area contributed by atoms with Crippen LogP contribution in [0.1, 0.15) is 17.5 Å². The molecule has 4 rings (SSSR count). The number of aryl methyl sites for hydroxylation is 1. The third-order valence-corrected chi connectivity index (χ3v) is 5.93. The molecule has 0 unspecified atom stereocenters. The van der Waals surface area contributed by atoms with Crippen LogP contribution in [0.3, 0.4) is 0 Å². The summed E-state index contributed by atoms with van der Waals surface area (Å²) in [4.78, 5) is 32.4. The highest BCUT2D eigenvalue weighted by molar-refractivity contribution is 7.16. The Labute approximate surface area is 187 Å². The van der Waals surface area contributed by atoms with E-state index in [1.807, 2.05) is 35.7 Å². The van der Waals surface area contributed by atoms with Crippen molar-refractivity contribution in [2.75, 3.05) is 4.90 Å². The fourth-order valence-electron chi connectivity index (χ4n) is 3.30. The van der Waals surface area contributed by atoms with E-state index in [1.54, 1.807) is 29.2 Å². The van der Waals surface area contributed by atoms with E-state index in [2.05, 4.69) is 11.1 Å². The Balaban J connectivity index is 1.63. The van der Waals surface area contributed by atoms with Gasteiger partial charge in [0.1, 0.15) is 10.9 Å². The van der Waals surface area contributed by atoms with Crippen LogP contribution >= 0.6 is 22.9 Å². The summed E-state index contributed by atoms with van der Waals surface area (Å²) in [7, 11) is 0. The lowest BCUT2D eigenvalue weighted by molar-refractivity contribution is -0.119. The molecule has 0 saturated carbocycles. The van der Waals surface area contributed by atoms with E-state index in [0.29, 0.717) is 26.5 Å². The maximum absolute atomic E-state index is 13.3. The number of rotatable bonds is 6. The van der Waals surface area contributed by atoms with E-state index >= 15 is 0 Å². The van der Waals surface area contributed by atoms with Gasteiger partial charge in [-0.1, -0.05) is 41.9 Å². The fraction of sp³-hybridized carbons (Fsp3) is 0.130. The number of aromatic nitrogens is 2. The van der Waals surface area contributed by atoms with E-state index in [4.69, 9.17) is 11.6 Å². The molecule has 0 fully saturated rings. The Bertz CT molecular complexity index is 1340. The van der Waals surface area contributed by atoms with Gasteiger partial charge in [0, 0.05) is 18.0 Å². The Hall–Kier alpha value is -3.47. The van der Waals surface area contributed by atoms with Gasteiger partial charge in [0.15, 0.2) is 0 Å². The minimum atomic E-state index is -0.222. The SMILES string of the molecule is N#Cc1ccc(Cl)cc1N(Cc1ccccc1)C(=O)CCn1cnc2sccc2c1=O. The molecule has 0 saturated heterocycles. The van der Waals surface area contributed by atoms with E-state index in [-0.39, 0.29) is 31.0 Å². The van der Waals surface area contributed by atoms with Gasteiger partial charge in [0.25, 0.3) is 5.56 Å². The Morgan fingerprint density at radius 3 is 2.77 bits per heavy atom. The van der Waals surface area contributed by atoms with Crippen molar-refractivity contribution in [1.82, 2.24) is 9.55 Å². The number of benzene rings is 2. The third-order valence-electron chi connectivity index (χ3n) is 4.87. The summed E-state index contributed by atoms with van der Waals surface area (Å²) in [5.41, 5.74) is 1.54. The minimum absolute atomic E-state index is 0.0709. The van der Waals surface area contributed by atoms with Crippen LogP contribution in [-0.4, -0.2) is 15.5 Å². The summed E-state index contributed by atoms with van der Waals surface area (Å²) in [5.74, 6) is -0.222. The maximum Gasteiger partial charge on any atom is 0.262 e. The second kappa shape index (κ2) is 9.13. The number of anilines is 1. The Morgan fingerprint density at radius 1 is 1.19 bits per heavy atom. The van der Waals surface area contributed by atoms with E-state index in [9.17, 15) is 14.9 Å². The number of halogens is 1. The van der Waals surface area contributed by atoms with Crippen LogP contribution in [0.25, 0.3) is 10.2 Å². The van der Waals surface area contributed by atoms with E-state index < -0.39 is 0 Å². The smallest absolute Gasteiger partial charge is 0.262 e. The number of fused-ring (bicyclic) bond motifs is 1. The lowest BCUT2D eigenvalue weighted by Gasteiger charge is -2.24. The van der Waals surface area contributed by atoms with Gasteiger partial charge in [-0.05, 0) is 35.2 Å². The monoisotopic (exact) mass is 448 g/mol. The van der Waals surface area contributed by atoms with Crippen LogP contribution in [-0.2, 0) is 17.9 Å². The Morgan fingerprint density at radius 2 is 2.00 bits per heavy atom. The fourth-order valence-corrected chi connectivity index (χ4v) is 4.19. The average molecular weight is 449 g/mol. The first kappa shape index (κ1) is 20.8. The van der Waals surface area contributed by atoms with Crippen molar-refractivity contribution in [1.29, 1.82) is 5.26 Å². The first-order valence-corrected chi connectivity index (χ1v) is 10.8. The highest BCUT2D eigenvalue weighted by atomic mass is 35.5. The molecule has 8 heteroatoms. The van der Waals surface area contributed by atoms with Crippen molar-refractivity contribution >= 4 is 44.7 Å². The number of carbonyl (C=O) groups is 1. The highest BCUT2D eigenvalue weighted by Crippen LogP contribution is 2.27. The number of amides is 1. The van der Waals surface area contributed by atoms with E-state index in [1.165, 1.54) is 22.2 Å². The molecular weight excluding hydrogens is 432 g/mol. The van der Waals surface area contributed by atoms with E-state index in [0.717, 1.165) is 5.56 Å². The second-order valence-electron chi connectivity index (χ2n) is 6.87. The van der Waals surface area contributed by atoms with Crippen LogP contribution in [0.15, 0.2) is 71.1 Å². The van der Waals surface area contributed by atoms with Gasteiger partial charge in [0.2, 0.25) is 5.91 Å². The molecule has 0 bridgehead atoms. The lowest BCUT2D eigenvalue weighted by atomic mass is 10.1. The van der Waals surface area contributed by atoms with Crippen LogP contribution in [0.5, 0.6) is 0 Å². The maximum atomic E-state index is 13.3. The zero-order chi connectivity index (χ0) is 21.8. The number of nitriles is 1. The Kier molecular flexibility index (Phi) is 6.12. The van der Waals surface area contributed by atoms with Gasteiger partial charge in [-0.15, -0.1) is 11.3 Å². The van der Waals surface area contributed by atoms with Crippen LogP contribution < -0.4 is 10.5 Å². The molecule has 0 atom stereocenters. The molecule has 6 nitrogen and oxygen atoms in total. The topological polar surface area (TPSA) is 79.0 Å². The molecule has 0 radical (unpaired) electrons.